The van der Waals surface area contributed by atoms with Crippen LogP contribution < -0.4 is 10.5 Å². The number of hydrogen-bond donors (Lipinski definition) is 2. The van der Waals surface area contributed by atoms with E-state index in [1.165, 1.54) is 6.07 Å². The molecule has 3 aromatic carbocycles. The molecule has 1 aliphatic heterocycles. The molecule has 0 saturated heterocycles. The van der Waals surface area contributed by atoms with Crippen molar-refractivity contribution in [1.82, 2.24) is 0 Å². The molecule has 1 atom stereocenters. The van der Waals surface area contributed by atoms with Crippen molar-refractivity contribution in [2.24, 2.45) is 10.3 Å². The van der Waals surface area contributed by atoms with E-state index in [-0.39, 0.29) is 10.8 Å². The summed E-state index contributed by atoms with van der Waals surface area (Å²) >= 11 is 3.39. The fourth-order valence-electron chi connectivity index (χ4n) is 3.24. The summed E-state index contributed by atoms with van der Waals surface area (Å²) in [4.78, 5) is 17.9. The molecule has 7 nitrogen and oxygen atoms in total. The van der Waals surface area contributed by atoms with Gasteiger partial charge in [0.2, 0.25) is 16.1 Å². The second kappa shape index (κ2) is 8.62. The predicted octanol–water partition coefficient (Wildman–Crippen LogP) is 3.90. The summed E-state index contributed by atoms with van der Waals surface area (Å²) in [6, 6.07) is 20.9. The van der Waals surface area contributed by atoms with Crippen molar-refractivity contribution >= 4 is 43.3 Å². The van der Waals surface area contributed by atoms with Crippen LogP contribution in [-0.2, 0) is 19.7 Å². The van der Waals surface area contributed by atoms with Gasteiger partial charge in [-0.15, -0.1) is 0 Å². The van der Waals surface area contributed by atoms with E-state index in [9.17, 15) is 13.2 Å². The van der Waals surface area contributed by atoms with Crippen molar-refractivity contribution in [3.05, 3.63) is 82.8 Å². The van der Waals surface area contributed by atoms with Gasteiger partial charge in [-0.25, -0.2) is 13.6 Å². The summed E-state index contributed by atoms with van der Waals surface area (Å²) in [6.07, 6.45) is -0.353. The normalized spacial score (nSPS) is 15.8. The van der Waals surface area contributed by atoms with Crippen LogP contribution in [0.25, 0.3) is 11.1 Å². The van der Waals surface area contributed by atoms with Crippen molar-refractivity contribution in [1.29, 1.82) is 0 Å². The van der Waals surface area contributed by atoms with Crippen molar-refractivity contribution in [3.8, 4) is 11.1 Å². The van der Waals surface area contributed by atoms with Crippen molar-refractivity contribution < 1.29 is 18.0 Å². The first-order chi connectivity index (χ1) is 14.8. The number of amides is 1. The zero-order valence-electron chi connectivity index (χ0n) is 16.2. The van der Waals surface area contributed by atoms with E-state index in [1.54, 1.807) is 42.5 Å². The number of hydrogen-bond acceptors (Lipinski definition) is 5. The molecule has 0 spiro atoms. The molecular formula is C22H18BrN3O4S. The fourth-order valence-corrected chi connectivity index (χ4v) is 4.26. The van der Waals surface area contributed by atoms with Gasteiger partial charge in [-0.05, 0) is 41.5 Å². The molecule has 4 rings (SSSR count). The summed E-state index contributed by atoms with van der Waals surface area (Å²) < 4.78 is 24.6. The maximum Gasteiger partial charge on any atom is 0.268 e. The lowest BCUT2D eigenvalue weighted by Crippen LogP contribution is -2.28. The van der Waals surface area contributed by atoms with Crippen LogP contribution in [0.15, 0.2) is 87.3 Å². The van der Waals surface area contributed by atoms with Crippen molar-refractivity contribution in [3.63, 3.8) is 0 Å². The Hall–Kier alpha value is -3.01. The minimum absolute atomic E-state index is 0.0451. The third-order valence-corrected chi connectivity index (χ3v) is 6.29. The number of primary sulfonamides is 1. The van der Waals surface area contributed by atoms with Gasteiger partial charge in [0.25, 0.3) is 5.91 Å². The maximum absolute atomic E-state index is 12.6. The lowest BCUT2D eigenvalue weighted by atomic mass is 10.0. The first-order valence-electron chi connectivity index (χ1n) is 9.33. The Morgan fingerprint density at radius 3 is 2.32 bits per heavy atom. The second-order valence-corrected chi connectivity index (χ2v) is 9.40. The summed E-state index contributed by atoms with van der Waals surface area (Å²) in [7, 11) is -3.85. The number of benzene rings is 3. The number of nitrogens with one attached hydrogen (secondary N) is 1. The van der Waals surface area contributed by atoms with E-state index in [1.807, 2.05) is 24.3 Å². The van der Waals surface area contributed by atoms with Crippen LogP contribution in [0.5, 0.6) is 0 Å². The number of nitrogens with zero attached hydrogens (tertiary/aromatic N) is 1. The Morgan fingerprint density at radius 1 is 1.00 bits per heavy atom. The number of halogens is 1. The van der Waals surface area contributed by atoms with Crippen LogP contribution in [-0.4, -0.2) is 26.1 Å². The molecule has 1 amide bonds. The molecule has 3 N–H and O–H groups in total. The van der Waals surface area contributed by atoms with Gasteiger partial charge in [0.05, 0.1) is 10.6 Å². The summed E-state index contributed by atoms with van der Waals surface area (Å²) in [5.41, 5.74) is 3.33. The van der Waals surface area contributed by atoms with Crippen molar-refractivity contribution in [2.45, 2.75) is 17.4 Å². The number of nitrogens with two attached hydrogens (primary N) is 1. The van der Waals surface area contributed by atoms with Gasteiger partial charge < -0.3 is 10.2 Å². The molecule has 31 heavy (non-hydrogen) atoms. The maximum atomic E-state index is 12.6. The Labute approximate surface area is 188 Å². The zero-order valence-corrected chi connectivity index (χ0v) is 18.6. The number of sulfonamides is 1. The van der Waals surface area contributed by atoms with Crippen LogP contribution in [0.3, 0.4) is 0 Å². The van der Waals surface area contributed by atoms with Gasteiger partial charge in [-0.2, -0.15) is 0 Å². The standard InChI is InChI=1S/C22H18BrN3O4S/c23-16-9-5-15(6-10-16)19-13-20(30-26-19)22(27)25-17-11-7-14(8-12-17)18-3-1-2-4-21(18)31(24,28)29/h1-12,20H,13H2,(H,25,27)(H2,24,28,29). The van der Waals surface area contributed by atoms with Gasteiger partial charge >= 0.3 is 0 Å². The smallest absolute Gasteiger partial charge is 0.268 e. The molecule has 0 saturated carbocycles. The Kier molecular flexibility index (Phi) is 5.90. The third kappa shape index (κ3) is 4.84. The SMILES string of the molecule is NS(=O)(=O)c1ccccc1-c1ccc(NC(=O)C2CC(c3ccc(Br)cc3)=NO2)cc1. The highest BCUT2D eigenvalue weighted by Crippen LogP contribution is 2.28. The molecule has 9 heteroatoms. The van der Waals surface area contributed by atoms with E-state index in [2.05, 4.69) is 26.4 Å². The van der Waals surface area contributed by atoms with Gasteiger partial charge in [0.15, 0.2) is 0 Å². The third-order valence-electron chi connectivity index (χ3n) is 4.80. The molecule has 3 aromatic rings. The number of carbonyl (C=O) groups excluding carboxylic acids is 1. The fraction of sp³-hybridized carbons (Fsp3) is 0.0909. The number of anilines is 1. The number of oxime groups is 1. The summed E-state index contributed by atoms with van der Waals surface area (Å²) in [5, 5.41) is 12.1. The monoisotopic (exact) mass is 499 g/mol. The first-order valence-corrected chi connectivity index (χ1v) is 11.7. The Balaban J connectivity index is 1.43. The number of carbonyl (C=O) groups is 1. The predicted molar refractivity (Wildman–Crippen MR) is 122 cm³/mol. The molecule has 0 aliphatic carbocycles. The second-order valence-electron chi connectivity index (χ2n) is 6.95. The highest BCUT2D eigenvalue weighted by molar-refractivity contribution is 9.10. The van der Waals surface area contributed by atoms with Crippen molar-refractivity contribution in [2.75, 3.05) is 5.32 Å². The lowest BCUT2D eigenvalue weighted by Gasteiger charge is -2.11. The highest BCUT2D eigenvalue weighted by atomic mass is 79.9. The molecule has 158 valence electrons. The van der Waals surface area contributed by atoms with Crippen LogP contribution in [0, 0.1) is 0 Å². The minimum Gasteiger partial charge on any atom is -0.382 e. The molecule has 0 fully saturated rings. The quantitative estimate of drug-likeness (QED) is 0.554. The molecule has 0 aromatic heterocycles. The molecule has 1 unspecified atom stereocenters. The van der Waals surface area contributed by atoms with Crippen LogP contribution >= 0.6 is 15.9 Å². The van der Waals surface area contributed by atoms with E-state index in [4.69, 9.17) is 9.98 Å². The van der Waals surface area contributed by atoms with E-state index in [0.717, 1.165) is 10.0 Å². The first kappa shape index (κ1) is 21.2. The Bertz CT molecular complexity index is 1260. The molecule has 0 radical (unpaired) electrons. The summed E-state index contributed by atoms with van der Waals surface area (Å²) in [5.74, 6) is -0.312. The molecule has 1 aliphatic rings. The van der Waals surface area contributed by atoms with Gasteiger partial charge in [-0.3, -0.25) is 4.79 Å². The largest absolute Gasteiger partial charge is 0.382 e. The lowest BCUT2D eigenvalue weighted by molar-refractivity contribution is -0.125. The van der Waals surface area contributed by atoms with Gasteiger partial charge in [0.1, 0.15) is 0 Å². The number of rotatable bonds is 5. The molecular weight excluding hydrogens is 482 g/mol. The molecule has 0 bridgehead atoms. The van der Waals surface area contributed by atoms with E-state index >= 15 is 0 Å². The Morgan fingerprint density at radius 2 is 1.65 bits per heavy atom. The average Bonchev–Trinajstić information content (AvgIpc) is 3.25. The average molecular weight is 500 g/mol. The zero-order chi connectivity index (χ0) is 22.0. The highest BCUT2D eigenvalue weighted by Gasteiger charge is 2.29. The van der Waals surface area contributed by atoms with E-state index in [0.29, 0.717) is 28.9 Å². The van der Waals surface area contributed by atoms with E-state index < -0.39 is 16.1 Å². The van der Waals surface area contributed by atoms with Crippen LogP contribution in [0.4, 0.5) is 5.69 Å². The van der Waals surface area contributed by atoms with Crippen LogP contribution in [0.1, 0.15) is 12.0 Å². The van der Waals surface area contributed by atoms with Crippen LogP contribution in [0.2, 0.25) is 0 Å². The van der Waals surface area contributed by atoms with Gasteiger partial charge in [0, 0.05) is 22.1 Å². The summed E-state index contributed by atoms with van der Waals surface area (Å²) in [6.45, 7) is 0. The molecule has 1 heterocycles. The van der Waals surface area contributed by atoms with Gasteiger partial charge in [-0.1, -0.05) is 63.6 Å². The minimum atomic E-state index is -3.85. The topological polar surface area (TPSA) is 111 Å².